The van der Waals surface area contributed by atoms with Crippen molar-refractivity contribution >= 4 is 28.4 Å². The number of ether oxygens (including phenoxy) is 1. The lowest BCUT2D eigenvalue weighted by Crippen LogP contribution is -2.47. The van der Waals surface area contributed by atoms with Crippen LogP contribution in [0.4, 0.5) is 11.6 Å². The number of piperazine rings is 1. The second-order valence-electron chi connectivity index (χ2n) is 7.34. The van der Waals surface area contributed by atoms with Crippen molar-refractivity contribution in [2.45, 2.75) is 6.92 Å². The van der Waals surface area contributed by atoms with Crippen LogP contribution in [-0.2, 0) is 0 Å². The van der Waals surface area contributed by atoms with Crippen molar-refractivity contribution in [3.8, 4) is 5.75 Å². The molecule has 7 heteroatoms. The maximum Gasteiger partial charge on any atom is 0.254 e. The molecule has 0 atom stereocenters. The molecular formula is C22H25N5O2. The molecule has 4 rings (SSSR count). The highest BCUT2D eigenvalue weighted by Gasteiger charge is 2.21. The Morgan fingerprint density at radius 2 is 1.93 bits per heavy atom. The predicted octanol–water partition coefficient (Wildman–Crippen LogP) is 3.08. The third-order valence-corrected chi connectivity index (χ3v) is 5.30. The Bertz CT molecular complexity index is 1040. The van der Waals surface area contributed by atoms with Gasteiger partial charge in [0.1, 0.15) is 5.75 Å². The molecule has 2 aromatic carbocycles. The first-order valence-corrected chi connectivity index (χ1v) is 9.70. The normalized spacial score (nSPS) is 14.8. The summed E-state index contributed by atoms with van der Waals surface area (Å²) in [5, 5.41) is 4.21. The number of aryl methyl sites for hydroxylation is 1. The summed E-state index contributed by atoms with van der Waals surface area (Å²) in [6.45, 7) is 5.28. The molecule has 3 aromatic rings. The van der Waals surface area contributed by atoms with Crippen LogP contribution >= 0.6 is 0 Å². The first-order valence-electron chi connectivity index (χ1n) is 9.70. The number of hydrogen-bond acceptors (Lipinski definition) is 6. The number of fused-ring (bicyclic) bond motifs is 1. The number of carbonyl (C=O) groups excluding carboxylic acids is 1. The van der Waals surface area contributed by atoms with Crippen molar-refractivity contribution in [1.29, 1.82) is 0 Å². The van der Waals surface area contributed by atoms with E-state index in [1.165, 1.54) is 0 Å². The topological polar surface area (TPSA) is 70.6 Å². The number of nitrogens with one attached hydrogen (secondary N) is 1. The number of amides is 1. The minimum atomic E-state index is 0.0283. The van der Waals surface area contributed by atoms with Crippen LogP contribution in [0.3, 0.4) is 0 Å². The van der Waals surface area contributed by atoms with Crippen molar-refractivity contribution in [1.82, 2.24) is 19.8 Å². The highest BCUT2D eigenvalue weighted by molar-refractivity contribution is 5.95. The number of rotatable bonds is 4. The molecule has 1 saturated heterocycles. The van der Waals surface area contributed by atoms with E-state index >= 15 is 0 Å². The van der Waals surface area contributed by atoms with Gasteiger partial charge in [-0.3, -0.25) is 4.79 Å². The van der Waals surface area contributed by atoms with Crippen LogP contribution in [0.25, 0.3) is 10.9 Å². The number of aromatic nitrogens is 2. The third-order valence-electron chi connectivity index (χ3n) is 5.30. The highest BCUT2D eigenvalue weighted by Crippen LogP contribution is 2.29. The lowest BCUT2D eigenvalue weighted by molar-refractivity contribution is 0.0664. The van der Waals surface area contributed by atoms with Gasteiger partial charge in [0, 0.05) is 43.3 Å². The molecule has 0 spiro atoms. The molecule has 0 saturated carbocycles. The number of benzene rings is 2. The van der Waals surface area contributed by atoms with Crippen LogP contribution in [0.2, 0.25) is 0 Å². The van der Waals surface area contributed by atoms with E-state index in [4.69, 9.17) is 4.74 Å². The Morgan fingerprint density at radius 3 is 2.69 bits per heavy atom. The summed E-state index contributed by atoms with van der Waals surface area (Å²) < 4.78 is 5.53. The second kappa shape index (κ2) is 8.05. The molecule has 1 aliphatic rings. The van der Waals surface area contributed by atoms with E-state index in [2.05, 4.69) is 27.2 Å². The lowest BCUT2D eigenvalue weighted by Gasteiger charge is -2.32. The molecule has 0 aliphatic carbocycles. The van der Waals surface area contributed by atoms with Crippen LogP contribution < -0.4 is 10.1 Å². The molecular weight excluding hydrogens is 366 g/mol. The first-order chi connectivity index (χ1) is 14.0. The average molecular weight is 391 g/mol. The van der Waals surface area contributed by atoms with Crippen LogP contribution in [0.5, 0.6) is 5.75 Å². The summed E-state index contributed by atoms with van der Waals surface area (Å²) in [7, 11) is 3.66. The van der Waals surface area contributed by atoms with Gasteiger partial charge < -0.3 is 19.9 Å². The summed E-state index contributed by atoms with van der Waals surface area (Å²) in [5.74, 6) is 1.10. The van der Waals surface area contributed by atoms with E-state index in [-0.39, 0.29) is 5.91 Å². The molecule has 150 valence electrons. The van der Waals surface area contributed by atoms with Gasteiger partial charge in [-0.05, 0) is 37.7 Å². The van der Waals surface area contributed by atoms with Crippen LogP contribution in [0.1, 0.15) is 15.9 Å². The number of nitrogens with zero attached hydrogens (tertiary/aromatic N) is 4. The van der Waals surface area contributed by atoms with Gasteiger partial charge in [-0.25, -0.2) is 9.97 Å². The van der Waals surface area contributed by atoms with Gasteiger partial charge in [-0.1, -0.05) is 18.2 Å². The zero-order chi connectivity index (χ0) is 20.4. The van der Waals surface area contributed by atoms with Crippen LogP contribution in [0.15, 0.2) is 42.6 Å². The Labute approximate surface area is 170 Å². The summed E-state index contributed by atoms with van der Waals surface area (Å²) >= 11 is 0. The number of anilines is 2. The first kappa shape index (κ1) is 19.1. The number of methoxy groups -OCH3 is 1. The van der Waals surface area contributed by atoms with Crippen molar-refractivity contribution < 1.29 is 9.53 Å². The molecule has 1 aliphatic heterocycles. The molecule has 1 fully saturated rings. The van der Waals surface area contributed by atoms with E-state index in [1.807, 2.05) is 42.2 Å². The van der Waals surface area contributed by atoms with Gasteiger partial charge in [0.05, 0.1) is 18.3 Å². The summed E-state index contributed by atoms with van der Waals surface area (Å²) in [5.41, 5.74) is 3.33. The van der Waals surface area contributed by atoms with Gasteiger partial charge in [0.15, 0.2) is 0 Å². The molecule has 0 bridgehead atoms. The van der Waals surface area contributed by atoms with Gasteiger partial charge in [0.25, 0.3) is 5.91 Å². The zero-order valence-corrected chi connectivity index (χ0v) is 17.0. The standard InChI is InChI=1S/C22H25N5O2/c1-15-5-4-6-17-14-23-22(25-20(15)17)24-18-8-7-16(13-19(18)29-3)21(28)27-11-9-26(2)10-12-27/h4-8,13-14H,9-12H2,1-3H3,(H,23,24,25). The van der Waals surface area contributed by atoms with Gasteiger partial charge in [-0.15, -0.1) is 0 Å². The van der Waals surface area contributed by atoms with E-state index in [1.54, 1.807) is 19.4 Å². The average Bonchev–Trinajstić information content (AvgIpc) is 2.74. The molecule has 1 N–H and O–H groups in total. The SMILES string of the molecule is COc1cc(C(=O)N2CCN(C)CC2)ccc1Nc1ncc2cccc(C)c2n1. The molecule has 29 heavy (non-hydrogen) atoms. The summed E-state index contributed by atoms with van der Waals surface area (Å²) in [6, 6.07) is 11.4. The fraction of sp³-hybridized carbons (Fsp3) is 0.318. The predicted molar refractivity (Wildman–Crippen MR) is 114 cm³/mol. The molecule has 2 heterocycles. The number of likely N-dealkylation sites (N-methyl/N-ethyl adjacent to an activating group) is 1. The number of hydrogen-bond donors (Lipinski definition) is 1. The fourth-order valence-electron chi connectivity index (χ4n) is 3.50. The van der Waals surface area contributed by atoms with Crippen molar-refractivity contribution in [3.63, 3.8) is 0 Å². The summed E-state index contributed by atoms with van der Waals surface area (Å²) in [4.78, 5) is 26.0. The van der Waals surface area contributed by atoms with Gasteiger partial charge in [0.2, 0.25) is 5.95 Å². The lowest BCUT2D eigenvalue weighted by atomic mass is 10.1. The number of carbonyl (C=O) groups is 1. The Morgan fingerprint density at radius 1 is 1.14 bits per heavy atom. The Kier molecular flexibility index (Phi) is 5.31. The molecule has 1 aromatic heterocycles. The molecule has 0 unspecified atom stereocenters. The quantitative estimate of drug-likeness (QED) is 0.737. The fourth-order valence-corrected chi connectivity index (χ4v) is 3.50. The van der Waals surface area contributed by atoms with Gasteiger partial charge >= 0.3 is 0 Å². The maximum atomic E-state index is 12.8. The van der Waals surface area contributed by atoms with E-state index in [0.29, 0.717) is 17.3 Å². The molecule has 1 amide bonds. The highest BCUT2D eigenvalue weighted by atomic mass is 16.5. The van der Waals surface area contributed by atoms with E-state index < -0.39 is 0 Å². The van der Waals surface area contributed by atoms with Crippen LogP contribution in [-0.4, -0.2) is 66.0 Å². The minimum absolute atomic E-state index is 0.0283. The largest absolute Gasteiger partial charge is 0.495 e. The second-order valence-corrected chi connectivity index (χ2v) is 7.34. The monoisotopic (exact) mass is 391 g/mol. The number of para-hydroxylation sites is 1. The maximum absolute atomic E-state index is 12.8. The van der Waals surface area contributed by atoms with Crippen LogP contribution in [0, 0.1) is 6.92 Å². The van der Waals surface area contributed by atoms with E-state index in [0.717, 1.165) is 48.3 Å². The smallest absolute Gasteiger partial charge is 0.254 e. The van der Waals surface area contributed by atoms with Crippen molar-refractivity contribution in [2.24, 2.45) is 0 Å². The summed E-state index contributed by atoms with van der Waals surface area (Å²) in [6.07, 6.45) is 1.80. The Balaban J connectivity index is 1.57. The molecule has 7 nitrogen and oxygen atoms in total. The molecule has 0 radical (unpaired) electrons. The third kappa shape index (κ3) is 4.00. The van der Waals surface area contributed by atoms with Crippen molar-refractivity contribution in [2.75, 3.05) is 45.7 Å². The minimum Gasteiger partial charge on any atom is -0.495 e. The Hall–Kier alpha value is -3.19. The van der Waals surface area contributed by atoms with E-state index in [9.17, 15) is 4.79 Å². The zero-order valence-electron chi connectivity index (χ0n) is 17.0. The van der Waals surface area contributed by atoms with Crippen molar-refractivity contribution in [3.05, 3.63) is 53.7 Å². The van der Waals surface area contributed by atoms with Gasteiger partial charge in [-0.2, -0.15) is 0 Å².